The Hall–Kier alpha value is -3.52. The number of hydrogen-bond donors (Lipinski definition) is 0. The summed E-state index contributed by atoms with van der Waals surface area (Å²) in [5.74, 6) is 2.18. The number of ether oxygens (including phenoxy) is 2. The van der Waals surface area contributed by atoms with E-state index in [9.17, 15) is 4.79 Å². The summed E-state index contributed by atoms with van der Waals surface area (Å²) in [6.45, 7) is 6.30. The zero-order chi connectivity index (χ0) is 23.3. The lowest BCUT2D eigenvalue weighted by Gasteiger charge is -2.33. The molecule has 1 amide bonds. The van der Waals surface area contributed by atoms with Gasteiger partial charge < -0.3 is 19.3 Å². The smallest absolute Gasteiger partial charge is 0.254 e. The van der Waals surface area contributed by atoms with Crippen molar-refractivity contribution in [2.24, 2.45) is 0 Å². The van der Waals surface area contributed by atoms with E-state index >= 15 is 0 Å². The second kappa shape index (κ2) is 10.2. The van der Waals surface area contributed by atoms with Crippen molar-refractivity contribution in [2.75, 3.05) is 44.3 Å². The number of anilines is 1. The topological polar surface area (TPSA) is 80.7 Å². The zero-order valence-corrected chi connectivity index (χ0v) is 19.4. The van der Waals surface area contributed by atoms with E-state index in [1.165, 1.54) is 0 Å². The molecule has 2 fully saturated rings. The molecule has 0 bridgehead atoms. The summed E-state index contributed by atoms with van der Waals surface area (Å²) in [5, 5.41) is 0. The number of aryl methyl sites for hydroxylation is 1. The monoisotopic (exact) mass is 459 g/mol. The average Bonchev–Trinajstić information content (AvgIpc) is 2.89. The molecule has 1 aromatic carbocycles. The number of aromatic nitrogens is 3. The Kier molecular flexibility index (Phi) is 6.67. The van der Waals surface area contributed by atoms with Crippen molar-refractivity contribution in [1.29, 1.82) is 0 Å². The highest BCUT2D eigenvalue weighted by Crippen LogP contribution is 2.29. The Bertz CT molecular complexity index is 1150. The fourth-order valence-electron chi connectivity index (χ4n) is 4.51. The molecule has 0 aliphatic carbocycles. The van der Waals surface area contributed by atoms with Crippen molar-refractivity contribution in [1.82, 2.24) is 19.9 Å². The molecule has 4 heterocycles. The van der Waals surface area contributed by atoms with E-state index < -0.39 is 0 Å². The number of pyridine rings is 1. The predicted molar refractivity (Wildman–Crippen MR) is 128 cm³/mol. The molecule has 0 radical (unpaired) electrons. The van der Waals surface area contributed by atoms with Crippen molar-refractivity contribution in [2.45, 2.75) is 25.7 Å². The number of carbonyl (C=O) groups is 1. The lowest BCUT2D eigenvalue weighted by molar-refractivity contribution is 0.0705. The van der Waals surface area contributed by atoms with Crippen LogP contribution < -0.4 is 9.64 Å². The van der Waals surface area contributed by atoms with Gasteiger partial charge in [0, 0.05) is 50.1 Å². The van der Waals surface area contributed by atoms with Crippen LogP contribution in [0.3, 0.4) is 0 Å². The highest BCUT2D eigenvalue weighted by atomic mass is 16.5. The third kappa shape index (κ3) is 5.17. The molecular weight excluding hydrogens is 430 g/mol. The SMILES string of the molecule is Cc1cccc(Oc2cncc(C3CCCN(C(=O)c4ccnc(N5CCOCC5)c4)C3)n2)c1. The minimum atomic E-state index is 0.0294. The first-order chi connectivity index (χ1) is 16.7. The number of rotatable bonds is 5. The standard InChI is InChI=1S/C26H29N5O3/c1-19-4-2-6-22(14-19)34-25-17-27-16-23(29-25)21-5-3-9-31(18-21)26(32)20-7-8-28-24(15-20)30-10-12-33-13-11-30/h2,4,6-8,14-17,21H,3,5,9-13,18H2,1H3. The quantitative estimate of drug-likeness (QED) is 0.574. The highest BCUT2D eigenvalue weighted by molar-refractivity contribution is 5.95. The van der Waals surface area contributed by atoms with Gasteiger partial charge >= 0.3 is 0 Å². The fourth-order valence-corrected chi connectivity index (χ4v) is 4.51. The maximum atomic E-state index is 13.3. The Morgan fingerprint density at radius 1 is 1.12 bits per heavy atom. The summed E-state index contributed by atoms with van der Waals surface area (Å²) in [5.41, 5.74) is 2.64. The van der Waals surface area contributed by atoms with Gasteiger partial charge in [-0.15, -0.1) is 0 Å². The maximum absolute atomic E-state index is 13.3. The van der Waals surface area contributed by atoms with Crippen LogP contribution >= 0.6 is 0 Å². The molecule has 176 valence electrons. The summed E-state index contributed by atoms with van der Waals surface area (Å²) >= 11 is 0. The molecule has 0 spiro atoms. The molecule has 1 unspecified atom stereocenters. The Labute approximate surface area is 199 Å². The van der Waals surface area contributed by atoms with Gasteiger partial charge in [0.1, 0.15) is 11.6 Å². The van der Waals surface area contributed by atoms with Crippen molar-refractivity contribution < 1.29 is 14.3 Å². The molecule has 8 nitrogen and oxygen atoms in total. The van der Waals surface area contributed by atoms with E-state index in [1.54, 1.807) is 24.7 Å². The minimum Gasteiger partial charge on any atom is -0.437 e. The molecule has 2 aliphatic rings. The van der Waals surface area contributed by atoms with Crippen LogP contribution in [0.2, 0.25) is 0 Å². The predicted octanol–water partition coefficient (Wildman–Crippen LogP) is 3.83. The van der Waals surface area contributed by atoms with Crippen LogP contribution in [-0.4, -0.2) is 65.2 Å². The summed E-state index contributed by atoms with van der Waals surface area (Å²) in [4.78, 5) is 31.0. The number of morpholine rings is 1. The van der Waals surface area contributed by atoms with Gasteiger partial charge in [-0.1, -0.05) is 12.1 Å². The number of nitrogens with zero attached hydrogens (tertiary/aromatic N) is 5. The molecule has 1 atom stereocenters. The van der Waals surface area contributed by atoms with Crippen LogP contribution in [0.4, 0.5) is 5.82 Å². The largest absolute Gasteiger partial charge is 0.437 e. The normalized spacial score (nSPS) is 18.6. The summed E-state index contributed by atoms with van der Waals surface area (Å²) in [6.07, 6.45) is 7.01. The fraction of sp³-hybridized carbons (Fsp3) is 0.385. The Morgan fingerprint density at radius 3 is 2.85 bits per heavy atom. The molecule has 8 heteroatoms. The van der Waals surface area contributed by atoms with Gasteiger partial charge in [0.15, 0.2) is 0 Å². The van der Waals surface area contributed by atoms with E-state index in [0.717, 1.165) is 55.3 Å². The first-order valence-corrected chi connectivity index (χ1v) is 11.8. The van der Waals surface area contributed by atoms with Crippen molar-refractivity contribution >= 4 is 11.7 Å². The van der Waals surface area contributed by atoms with Gasteiger partial charge in [0.25, 0.3) is 5.91 Å². The van der Waals surface area contributed by atoms with Gasteiger partial charge in [0.2, 0.25) is 5.88 Å². The molecule has 0 N–H and O–H groups in total. The molecule has 5 rings (SSSR count). The zero-order valence-electron chi connectivity index (χ0n) is 19.4. The summed E-state index contributed by atoms with van der Waals surface area (Å²) in [7, 11) is 0. The third-order valence-electron chi connectivity index (χ3n) is 6.30. The molecule has 34 heavy (non-hydrogen) atoms. The van der Waals surface area contributed by atoms with Gasteiger partial charge in [-0.2, -0.15) is 0 Å². The van der Waals surface area contributed by atoms with Crippen molar-refractivity contribution in [3.63, 3.8) is 0 Å². The number of hydrogen-bond acceptors (Lipinski definition) is 7. The number of carbonyl (C=O) groups excluding carboxylic acids is 1. The van der Waals surface area contributed by atoms with E-state index in [-0.39, 0.29) is 11.8 Å². The molecule has 3 aromatic rings. The van der Waals surface area contributed by atoms with Crippen LogP contribution in [-0.2, 0) is 4.74 Å². The van der Waals surface area contributed by atoms with E-state index in [2.05, 4.69) is 14.9 Å². The van der Waals surface area contributed by atoms with E-state index in [0.29, 0.717) is 31.2 Å². The third-order valence-corrected chi connectivity index (χ3v) is 6.30. The van der Waals surface area contributed by atoms with Gasteiger partial charge in [-0.05, 0) is 49.6 Å². The molecule has 2 aliphatic heterocycles. The van der Waals surface area contributed by atoms with Gasteiger partial charge in [0.05, 0.1) is 25.1 Å². The van der Waals surface area contributed by atoms with E-state index in [4.69, 9.17) is 14.5 Å². The molecule has 0 saturated carbocycles. The number of amides is 1. The van der Waals surface area contributed by atoms with Crippen LogP contribution in [0.15, 0.2) is 55.0 Å². The summed E-state index contributed by atoms with van der Waals surface area (Å²) in [6, 6.07) is 11.5. The van der Waals surface area contributed by atoms with Gasteiger partial charge in [-0.3, -0.25) is 9.78 Å². The molecule has 2 saturated heterocycles. The number of likely N-dealkylation sites (tertiary alicyclic amines) is 1. The van der Waals surface area contributed by atoms with Crippen LogP contribution in [0.25, 0.3) is 0 Å². The summed E-state index contributed by atoms with van der Waals surface area (Å²) < 4.78 is 11.4. The minimum absolute atomic E-state index is 0.0294. The second-order valence-electron chi connectivity index (χ2n) is 8.79. The molecule has 2 aromatic heterocycles. The van der Waals surface area contributed by atoms with Gasteiger partial charge in [-0.25, -0.2) is 9.97 Å². The molecular formula is C26H29N5O3. The second-order valence-corrected chi connectivity index (χ2v) is 8.79. The lowest BCUT2D eigenvalue weighted by Crippen LogP contribution is -2.40. The first kappa shape index (κ1) is 22.3. The van der Waals surface area contributed by atoms with Crippen LogP contribution in [0.1, 0.15) is 40.4 Å². The van der Waals surface area contributed by atoms with Crippen molar-refractivity contribution in [3.05, 3.63) is 71.8 Å². The lowest BCUT2D eigenvalue weighted by atomic mass is 9.94. The van der Waals surface area contributed by atoms with E-state index in [1.807, 2.05) is 42.2 Å². The maximum Gasteiger partial charge on any atom is 0.254 e. The highest BCUT2D eigenvalue weighted by Gasteiger charge is 2.27. The Morgan fingerprint density at radius 2 is 2.00 bits per heavy atom. The van der Waals surface area contributed by atoms with Crippen molar-refractivity contribution in [3.8, 4) is 11.6 Å². The Balaban J connectivity index is 1.28. The van der Waals surface area contributed by atoms with Crippen LogP contribution in [0, 0.1) is 6.92 Å². The first-order valence-electron chi connectivity index (χ1n) is 11.8. The number of benzene rings is 1. The number of piperidine rings is 1. The van der Waals surface area contributed by atoms with Crippen LogP contribution in [0.5, 0.6) is 11.6 Å². The average molecular weight is 460 g/mol.